The van der Waals surface area contributed by atoms with Gasteiger partial charge in [-0.15, -0.1) is 0 Å². The molecule has 1 aliphatic heterocycles. The first-order valence-electron chi connectivity index (χ1n) is 5.50. The molecule has 1 amide bonds. The van der Waals surface area contributed by atoms with Gasteiger partial charge in [0.1, 0.15) is 0 Å². The fourth-order valence-corrected chi connectivity index (χ4v) is 1.83. The van der Waals surface area contributed by atoms with Crippen molar-refractivity contribution < 1.29 is 9.53 Å². The molecule has 1 fully saturated rings. The molecule has 1 aliphatic rings. The van der Waals surface area contributed by atoms with E-state index in [2.05, 4.69) is 11.4 Å². The summed E-state index contributed by atoms with van der Waals surface area (Å²) < 4.78 is 5.30. The lowest BCUT2D eigenvalue weighted by molar-refractivity contribution is -0.136. The fourth-order valence-electron chi connectivity index (χ4n) is 1.83. The molecule has 1 rings (SSSR count). The van der Waals surface area contributed by atoms with Gasteiger partial charge in [0.25, 0.3) is 0 Å². The highest BCUT2D eigenvalue weighted by Crippen LogP contribution is 2.17. The summed E-state index contributed by atoms with van der Waals surface area (Å²) in [6.45, 7) is 2.92. The zero-order valence-electron chi connectivity index (χ0n) is 10.1. The maximum Gasteiger partial charge on any atom is 0.229 e. The van der Waals surface area contributed by atoms with Crippen LogP contribution < -0.4 is 5.32 Å². The van der Waals surface area contributed by atoms with E-state index in [9.17, 15) is 4.79 Å². The summed E-state index contributed by atoms with van der Waals surface area (Å²) in [5.41, 5.74) is 0. The number of carbonyl (C=O) groups is 1. The van der Waals surface area contributed by atoms with Crippen molar-refractivity contribution in [2.24, 2.45) is 5.92 Å². The third-order valence-electron chi connectivity index (χ3n) is 3.16. The predicted molar refractivity (Wildman–Crippen MR) is 59.6 cm³/mol. The highest BCUT2D eigenvalue weighted by atomic mass is 16.5. The van der Waals surface area contributed by atoms with Crippen molar-refractivity contribution in [3.63, 3.8) is 0 Å². The number of hydrogen-bond donors (Lipinski definition) is 1. The number of nitrogens with one attached hydrogen (secondary N) is 1. The third-order valence-corrected chi connectivity index (χ3v) is 3.16. The second kappa shape index (κ2) is 5.83. The van der Waals surface area contributed by atoms with E-state index in [-0.39, 0.29) is 23.9 Å². The summed E-state index contributed by atoms with van der Waals surface area (Å²) in [6, 6.07) is 2.12. The monoisotopic (exact) mass is 225 g/mol. The standard InChI is InChI=1S/C11H19N3O2/c1-8(4-5-12)14(3)11(15)9-6-16-7-10(9)13-2/h8-10,13H,4,6-7H2,1-3H3. The Bertz CT molecular complexity index is 287. The van der Waals surface area contributed by atoms with Gasteiger partial charge >= 0.3 is 0 Å². The van der Waals surface area contributed by atoms with E-state index in [0.717, 1.165) is 0 Å². The predicted octanol–water partition coefficient (Wildman–Crippen LogP) is -0.0186. The van der Waals surface area contributed by atoms with Crippen molar-refractivity contribution in [3.05, 3.63) is 0 Å². The molecule has 0 radical (unpaired) electrons. The second-order valence-electron chi connectivity index (χ2n) is 4.20. The van der Waals surface area contributed by atoms with Crippen molar-refractivity contribution >= 4 is 5.91 Å². The van der Waals surface area contributed by atoms with Gasteiger partial charge in [0, 0.05) is 19.1 Å². The Morgan fingerprint density at radius 2 is 2.38 bits per heavy atom. The Hall–Kier alpha value is -1.12. The summed E-state index contributed by atoms with van der Waals surface area (Å²) in [6.07, 6.45) is 0.361. The number of hydrogen-bond acceptors (Lipinski definition) is 4. The minimum atomic E-state index is -0.129. The lowest BCUT2D eigenvalue weighted by Crippen LogP contribution is -2.46. The van der Waals surface area contributed by atoms with Gasteiger partial charge in [-0.05, 0) is 14.0 Å². The van der Waals surface area contributed by atoms with Gasteiger partial charge in [-0.2, -0.15) is 5.26 Å². The van der Waals surface area contributed by atoms with Crippen LogP contribution in [0.4, 0.5) is 0 Å². The number of ether oxygens (including phenoxy) is 1. The lowest BCUT2D eigenvalue weighted by atomic mass is 10.0. The van der Waals surface area contributed by atoms with Gasteiger partial charge in [0.05, 0.1) is 31.6 Å². The number of rotatable bonds is 4. The highest BCUT2D eigenvalue weighted by Gasteiger charge is 2.35. The first-order valence-corrected chi connectivity index (χ1v) is 5.50. The molecule has 0 aromatic heterocycles. The third kappa shape index (κ3) is 2.71. The summed E-state index contributed by atoms with van der Waals surface area (Å²) >= 11 is 0. The van der Waals surface area contributed by atoms with Gasteiger partial charge in [0.15, 0.2) is 0 Å². The molecule has 1 saturated heterocycles. The Labute approximate surface area is 96.4 Å². The zero-order valence-corrected chi connectivity index (χ0v) is 10.1. The molecule has 1 heterocycles. The highest BCUT2D eigenvalue weighted by molar-refractivity contribution is 5.80. The van der Waals surface area contributed by atoms with Crippen LogP contribution in [0.5, 0.6) is 0 Å². The molecule has 3 unspecified atom stereocenters. The van der Waals surface area contributed by atoms with Crippen LogP contribution in [0.3, 0.4) is 0 Å². The zero-order chi connectivity index (χ0) is 12.1. The minimum Gasteiger partial charge on any atom is -0.379 e. The molecule has 0 saturated carbocycles. The Kier molecular flexibility index (Phi) is 4.71. The largest absolute Gasteiger partial charge is 0.379 e. The SMILES string of the molecule is CNC1COCC1C(=O)N(C)C(C)CC#N. The van der Waals surface area contributed by atoms with E-state index < -0.39 is 0 Å². The fraction of sp³-hybridized carbons (Fsp3) is 0.818. The molecule has 0 spiro atoms. The van der Waals surface area contributed by atoms with Crippen molar-refractivity contribution in [2.45, 2.75) is 25.4 Å². The molecule has 1 N–H and O–H groups in total. The topological polar surface area (TPSA) is 65.4 Å². The smallest absolute Gasteiger partial charge is 0.229 e. The normalized spacial score (nSPS) is 26.1. The molecule has 0 aromatic rings. The first kappa shape index (κ1) is 12.9. The number of nitrogens with zero attached hydrogens (tertiary/aromatic N) is 2. The van der Waals surface area contributed by atoms with Crippen LogP contribution in [0.15, 0.2) is 0 Å². The van der Waals surface area contributed by atoms with Gasteiger partial charge in [-0.3, -0.25) is 4.79 Å². The summed E-state index contributed by atoms with van der Waals surface area (Å²) in [5, 5.41) is 11.7. The molecule has 5 heteroatoms. The van der Waals surface area contributed by atoms with Gasteiger partial charge in [-0.1, -0.05) is 0 Å². The van der Waals surface area contributed by atoms with Crippen LogP contribution in [0.1, 0.15) is 13.3 Å². The summed E-state index contributed by atoms with van der Waals surface area (Å²) in [5.74, 6) is -0.0734. The van der Waals surface area contributed by atoms with Gasteiger partial charge in [-0.25, -0.2) is 0 Å². The maximum atomic E-state index is 12.1. The van der Waals surface area contributed by atoms with E-state index in [0.29, 0.717) is 19.6 Å². The van der Waals surface area contributed by atoms with Crippen molar-refractivity contribution in [2.75, 3.05) is 27.3 Å². The maximum absolute atomic E-state index is 12.1. The molecular formula is C11H19N3O2. The van der Waals surface area contributed by atoms with Crippen LogP contribution in [0.2, 0.25) is 0 Å². The van der Waals surface area contributed by atoms with Crippen LogP contribution in [-0.2, 0) is 9.53 Å². The summed E-state index contributed by atoms with van der Waals surface area (Å²) in [7, 11) is 3.58. The number of amides is 1. The van der Waals surface area contributed by atoms with Crippen LogP contribution in [0.25, 0.3) is 0 Å². The molecule has 16 heavy (non-hydrogen) atoms. The number of carbonyl (C=O) groups excluding carboxylic acids is 1. The summed E-state index contributed by atoms with van der Waals surface area (Å²) in [4.78, 5) is 13.8. The van der Waals surface area contributed by atoms with Crippen molar-refractivity contribution in [3.8, 4) is 6.07 Å². The number of likely N-dealkylation sites (N-methyl/N-ethyl adjacent to an activating group) is 1. The molecule has 0 aliphatic carbocycles. The Balaban J connectivity index is 2.59. The van der Waals surface area contributed by atoms with Crippen LogP contribution in [-0.4, -0.2) is 50.2 Å². The molecule has 0 bridgehead atoms. The molecule has 90 valence electrons. The van der Waals surface area contributed by atoms with E-state index in [1.54, 1.807) is 11.9 Å². The van der Waals surface area contributed by atoms with Gasteiger partial charge < -0.3 is 15.0 Å². The second-order valence-corrected chi connectivity index (χ2v) is 4.20. The Morgan fingerprint density at radius 3 is 2.94 bits per heavy atom. The number of nitriles is 1. The Morgan fingerprint density at radius 1 is 1.69 bits per heavy atom. The average molecular weight is 225 g/mol. The van der Waals surface area contributed by atoms with E-state index in [4.69, 9.17) is 10.00 Å². The van der Waals surface area contributed by atoms with Crippen molar-refractivity contribution in [1.82, 2.24) is 10.2 Å². The average Bonchev–Trinajstić information content (AvgIpc) is 2.75. The quantitative estimate of drug-likeness (QED) is 0.730. The molecule has 5 nitrogen and oxygen atoms in total. The molecular weight excluding hydrogens is 206 g/mol. The first-order chi connectivity index (χ1) is 7.61. The molecule has 3 atom stereocenters. The molecule has 0 aromatic carbocycles. The minimum absolute atomic E-state index is 0.0457. The van der Waals surface area contributed by atoms with Gasteiger partial charge in [0.2, 0.25) is 5.91 Å². The van der Waals surface area contributed by atoms with E-state index in [1.807, 2.05) is 14.0 Å². The van der Waals surface area contributed by atoms with E-state index in [1.165, 1.54) is 0 Å². The van der Waals surface area contributed by atoms with Crippen molar-refractivity contribution in [1.29, 1.82) is 5.26 Å². The lowest BCUT2D eigenvalue weighted by Gasteiger charge is -2.27. The van der Waals surface area contributed by atoms with Crippen LogP contribution in [0, 0.1) is 17.2 Å². The van der Waals surface area contributed by atoms with E-state index >= 15 is 0 Å². The van der Waals surface area contributed by atoms with Crippen LogP contribution >= 0.6 is 0 Å².